The van der Waals surface area contributed by atoms with E-state index in [1.165, 1.54) is 18.2 Å². The minimum Gasteiger partial charge on any atom is -0.398 e. The van der Waals surface area contributed by atoms with Gasteiger partial charge in [0.25, 0.3) is 0 Å². The van der Waals surface area contributed by atoms with Crippen LogP contribution in [0.15, 0.2) is 41.3 Å². The molecule has 0 aliphatic rings. The maximum absolute atomic E-state index is 13.5. The molecule has 0 aromatic heterocycles. The molecule has 0 bridgehead atoms. The lowest BCUT2D eigenvalue weighted by Crippen LogP contribution is -2.14. The van der Waals surface area contributed by atoms with E-state index in [2.05, 4.69) is 5.32 Å². The van der Waals surface area contributed by atoms with Crippen LogP contribution in [0.3, 0.4) is 0 Å². The van der Waals surface area contributed by atoms with Gasteiger partial charge < -0.3 is 11.1 Å². The topological polar surface area (TPSA) is 98.2 Å². The number of rotatable bonds is 3. The number of nitrogens with one attached hydrogen (secondary N) is 1. The summed E-state index contributed by atoms with van der Waals surface area (Å²) < 4.78 is 49.3. The molecule has 5 nitrogen and oxygen atoms in total. The van der Waals surface area contributed by atoms with Crippen molar-refractivity contribution in [2.75, 3.05) is 11.1 Å². The van der Waals surface area contributed by atoms with E-state index in [9.17, 15) is 17.2 Å². The number of sulfonamides is 1. The van der Waals surface area contributed by atoms with Gasteiger partial charge in [-0.05, 0) is 30.3 Å². The first-order valence-electron chi connectivity index (χ1n) is 5.42. The van der Waals surface area contributed by atoms with Crippen molar-refractivity contribution < 1.29 is 17.2 Å². The van der Waals surface area contributed by atoms with E-state index < -0.39 is 21.7 Å². The highest BCUT2D eigenvalue weighted by atomic mass is 32.2. The number of nitrogens with two attached hydrogens (primary N) is 2. The Labute approximate surface area is 114 Å². The smallest absolute Gasteiger partial charge is 0.240 e. The fraction of sp³-hybridized carbons (Fsp3) is 0. The lowest BCUT2D eigenvalue weighted by atomic mass is 10.2. The molecule has 0 saturated carbocycles. The Morgan fingerprint density at radius 1 is 1.05 bits per heavy atom. The van der Waals surface area contributed by atoms with Crippen LogP contribution in [-0.4, -0.2) is 8.42 Å². The molecular weight excluding hydrogens is 288 g/mol. The Morgan fingerprint density at radius 2 is 1.65 bits per heavy atom. The van der Waals surface area contributed by atoms with Gasteiger partial charge in [0.15, 0.2) is 0 Å². The number of benzene rings is 2. The van der Waals surface area contributed by atoms with E-state index in [0.29, 0.717) is 0 Å². The fourth-order valence-electron chi connectivity index (χ4n) is 1.65. The van der Waals surface area contributed by atoms with Crippen molar-refractivity contribution in [2.24, 2.45) is 5.14 Å². The first-order valence-corrected chi connectivity index (χ1v) is 6.97. The highest BCUT2D eigenvalue weighted by molar-refractivity contribution is 7.89. The van der Waals surface area contributed by atoms with Crippen LogP contribution < -0.4 is 16.2 Å². The maximum Gasteiger partial charge on any atom is 0.240 e. The molecule has 0 unspecified atom stereocenters. The van der Waals surface area contributed by atoms with Crippen LogP contribution >= 0.6 is 0 Å². The first-order chi connectivity index (χ1) is 9.29. The average Bonchev–Trinajstić information content (AvgIpc) is 2.32. The largest absolute Gasteiger partial charge is 0.398 e. The number of nitrogen functional groups attached to an aromatic ring is 1. The van der Waals surface area contributed by atoms with Crippen LogP contribution in [0.5, 0.6) is 0 Å². The minimum absolute atomic E-state index is 0.116. The van der Waals surface area contributed by atoms with Crippen LogP contribution in [0.2, 0.25) is 0 Å². The van der Waals surface area contributed by atoms with Crippen molar-refractivity contribution in [1.29, 1.82) is 0 Å². The van der Waals surface area contributed by atoms with Gasteiger partial charge >= 0.3 is 0 Å². The zero-order chi connectivity index (χ0) is 14.9. The predicted molar refractivity (Wildman–Crippen MR) is 71.9 cm³/mol. The number of para-hydroxylation sites is 1. The van der Waals surface area contributed by atoms with Crippen molar-refractivity contribution in [1.82, 2.24) is 0 Å². The molecule has 0 heterocycles. The summed E-state index contributed by atoms with van der Waals surface area (Å²) in [6.45, 7) is 0. The second kappa shape index (κ2) is 5.06. The molecule has 0 aliphatic heterocycles. The molecular formula is C12H11F2N3O2S. The van der Waals surface area contributed by atoms with Crippen LogP contribution in [0, 0.1) is 11.6 Å². The summed E-state index contributed by atoms with van der Waals surface area (Å²) in [5.41, 5.74) is 5.32. The Balaban J connectivity index is 2.39. The van der Waals surface area contributed by atoms with Crippen LogP contribution in [0.25, 0.3) is 0 Å². The Kier molecular flexibility index (Phi) is 3.60. The van der Waals surface area contributed by atoms with Gasteiger partial charge in [-0.2, -0.15) is 0 Å². The number of hydrogen-bond acceptors (Lipinski definition) is 4. The van der Waals surface area contributed by atoms with Gasteiger partial charge in [0.1, 0.15) is 22.2 Å². The molecule has 0 fully saturated rings. The molecule has 2 rings (SSSR count). The summed E-state index contributed by atoms with van der Waals surface area (Å²) in [6.07, 6.45) is 0. The molecule has 0 radical (unpaired) electrons. The average molecular weight is 299 g/mol. The quantitative estimate of drug-likeness (QED) is 0.754. The van der Waals surface area contributed by atoms with Crippen molar-refractivity contribution >= 4 is 27.1 Å². The molecule has 2 aromatic carbocycles. The second-order valence-corrected chi connectivity index (χ2v) is 5.55. The molecule has 2 aromatic rings. The van der Waals surface area contributed by atoms with Crippen molar-refractivity contribution in [3.8, 4) is 0 Å². The van der Waals surface area contributed by atoms with E-state index in [1.54, 1.807) is 0 Å². The number of hydrogen-bond donors (Lipinski definition) is 3. The molecule has 0 atom stereocenters. The molecule has 8 heteroatoms. The molecule has 0 amide bonds. The molecule has 0 aliphatic carbocycles. The maximum atomic E-state index is 13.5. The van der Waals surface area contributed by atoms with Crippen LogP contribution in [0.4, 0.5) is 25.8 Å². The summed E-state index contributed by atoms with van der Waals surface area (Å²) in [7, 11) is -3.94. The van der Waals surface area contributed by atoms with Gasteiger partial charge in [0.05, 0.1) is 5.69 Å². The minimum atomic E-state index is -3.94. The van der Waals surface area contributed by atoms with E-state index in [4.69, 9.17) is 10.9 Å². The standard InChI is InChI=1S/C12H11F2N3O2S/c13-8-2-1-3-9(14)12(8)17-7-4-5-11(10(15)6-7)20(16,18)19/h1-6,17H,15H2,(H2,16,18,19). The van der Waals surface area contributed by atoms with Crippen LogP contribution in [0.1, 0.15) is 0 Å². The lowest BCUT2D eigenvalue weighted by molar-refractivity contribution is 0.590. The third-order valence-corrected chi connectivity index (χ3v) is 3.53. The second-order valence-electron chi connectivity index (χ2n) is 4.02. The van der Waals surface area contributed by atoms with Gasteiger partial charge in [0, 0.05) is 5.69 Å². The first kappa shape index (κ1) is 14.2. The SMILES string of the molecule is Nc1cc(Nc2c(F)cccc2F)ccc1S(N)(=O)=O. The van der Waals surface area contributed by atoms with Gasteiger partial charge in [-0.25, -0.2) is 22.3 Å². The van der Waals surface area contributed by atoms with Crippen LogP contribution in [-0.2, 0) is 10.0 Å². The molecule has 0 saturated heterocycles. The molecule has 20 heavy (non-hydrogen) atoms. The Morgan fingerprint density at radius 3 is 2.15 bits per heavy atom. The van der Waals surface area contributed by atoms with Crippen molar-refractivity contribution in [3.05, 3.63) is 48.0 Å². The third kappa shape index (κ3) is 2.86. The van der Waals surface area contributed by atoms with Gasteiger partial charge in [-0.15, -0.1) is 0 Å². The monoisotopic (exact) mass is 299 g/mol. The summed E-state index contributed by atoms with van der Waals surface area (Å²) in [4.78, 5) is -0.253. The summed E-state index contributed by atoms with van der Waals surface area (Å²) >= 11 is 0. The number of anilines is 3. The third-order valence-electron chi connectivity index (χ3n) is 2.55. The Hall–Kier alpha value is -2.19. The molecule has 106 valence electrons. The highest BCUT2D eigenvalue weighted by Gasteiger charge is 2.14. The van der Waals surface area contributed by atoms with Gasteiger partial charge in [-0.1, -0.05) is 6.07 Å². The number of halogens is 2. The summed E-state index contributed by atoms with van der Waals surface area (Å²) in [6, 6.07) is 7.11. The van der Waals surface area contributed by atoms with Gasteiger partial charge in [0.2, 0.25) is 10.0 Å². The van der Waals surface area contributed by atoms with E-state index >= 15 is 0 Å². The zero-order valence-electron chi connectivity index (χ0n) is 10.1. The van der Waals surface area contributed by atoms with E-state index in [0.717, 1.165) is 18.2 Å². The molecule has 5 N–H and O–H groups in total. The van der Waals surface area contributed by atoms with E-state index in [-0.39, 0.29) is 22.0 Å². The summed E-state index contributed by atoms with van der Waals surface area (Å²) in [5.74, 6) is -1.56. The normalized spacial score (nSPS) is 11.3. The van der Waals surface area contributed by atoms with Gasteiger partial charge in [-0.3, -0.25) is 0 Å². The lowest BCUT2D eigenvalue weighted by Gasteiger charge is -2.10. The highest BCUT2D eigenvalue weighted by Crippen LogP contribution is 2.26. The number of primary sulfonamides is 1. The zero-order valence-corrected chi connectivity index (χ0v) is 10.9. The Bertz CT molecular complexity index is 743. The van der Waals surface area contributed by atoms with Crippen molar-refractivity contribution in [3.63, 3.8) is 0 Å². The fourth-order valence-corrected chi connectivity index (χ4v) is 2.29. The molecule has 0 spiro atoms. The van der Waals surface area contributed by atoms with Crippen molar-refractivity contribution in [2.45, 2.75) is 4.90 Å². The summed E-state index contributed by atoms with van der Waals surface area (Å²) in [5, 5.41) is 7.45. The van der Waals surface area contributed by atoms with E-state index in [1.807, 2.05) is 0 Å². The predicted octanol–water partition coefficient (Wildman–Crippen LogP) is 1.94.